The molecular formula is C16H21N5O. The Labute approximate surface area is 130 Å². The normalized spacial score (nSPS) is 14.7. The molecule has 2 aromatic rings. The van der Waals surface area contributed by atoms with Crippen LogP contribution in [0.5, 0.6) is 0 Å². The van der Waals surface area contributed by atoms with Crippen molar-refractivity contribution < 1.29 is 4.79 Å². The van der Waals surface area contributed by atoms with E-state index >= 15 is 0 Å². The van der Waals surface area contributed by atoms with Gasteiger partial charge < -0.3 is 10.2 Å². The summed E-state index contributed by atoms with van der Waals surface area (Å²) < 4.78 is 1.61. The number of carbonyl (C=O) groups excluding carboxylic acids is 1. The molecule has 0 spiro atoms. The number of nitrogens with one attached hydrogen (secondary N) is 2. The van der Waals surface area contributed by atoms with Gasteiger partial charge in [-0.3, -0.25) is 10.00 Å². The van der Waals surface area contributed by atoms with E-state index in [1.807, 2.05) is 12.1 Å². The summed E-state index contributed by atoms with van der Waals surface area (Å²) in [5.74, 6) is 0.655. The maximum absolute atomic E-state index is 11.9. The fourth-order valence-electron chi connectivity index (χ4n) is 2.68. The lowest BCUT2D eigenvalue weighted by atomic mass is 10.1. The van der Waals surface area contributed by atoms with Gasteiger partial charge in [-0.05, 0) is 43.5 Å². The van der Waals surface area contributed by atoms with Crippen molar-refractivity contribution in [2.24, 2.45) is 7.05 Å². The fraction of sp³-hybridized carbons (Fsp3) is 0.375. The number of anilines is 3. The van der Waals surface area contributed by atoms with Crippen molar-refractivity contribution in [2.75, 3.05) is 28.6 Å². The highest BCUT2D eigenvalue weighted by Crippen LogP contribution is 2.21. The minimum Gasteiger partial charge on any atom is -0.372 e. The Morgan fingerprint density at radius 1 is 1.05 bits per heavy atom. The summed E-state index contributed by atoms with van der Waals surface area (Å²) in [5, 5.41) is 9.59. The van der Waals surface area contributed by atoms with E-state index < -0.39 is 0 Å². The van der Waals surface area contributed by atoms with Gasteiger partial charge in [0.25, 0.3) is 0 Å². The van der Waals surface area contributed by atoms with Crippen LogP contribution in [0, 0.1) is 0 Å². The maximum Gasteiger partial charge on any atom is 0.324 e. The molecule has 1 saturated heterocycles. The monoisotopic (exact) mass is 299 g/mol. The minimum atomic E-state index is -0.269. The molecule has 1 aromatic carbocycles. The highest BCUT2D eigenvalue weighted by molar-refractivity contribution is 5.99. The summed E-state index contributed by atoms with van der Waals surface area (Å²) in [6.45, 7) is 2.24. The van der Waals surface area contributed by atoms with E-state index in [-0.39, 0.29) is 6.03 Å². The van der Waals surface area contributed by atoms with Crippen molar-refractivity contribution in [1.29, 1.82) is 0 Å². The van der Waals surface area contributed by atoms with Gasteiger partial charge in [0.05, 0.1) is 6.20 Å². The number of rotatable bonds is 3. The molecule has 0 unspecified atom stereocenters. The summed E-state index contributed by atoms with van der Waals surface area (Å²) in [5.41, 5.74) is 2.00. The van der Waals surface area contributed by atoms with Crippen LogP contribution in [0.4, 0.5) is 22.0 Å². The average Bonchev–Trinajstić information content (AvgIpc) is 2.94. The van der Waals surface area contributed by atoms with Crippen LogP contribution in [0.25, 0.3) is 0 Å². The van der Waals surface area contributed by atoms with Crippen molar-refractivity contribution in [2.45, 2.75) is 19.3 Å². The lowest BCUT2D eigenvalue weighted by molar-refractivity contribution is 0.262. The standard InChI is InChI=1S/C16H21N5O/c1-20-15(9-10-17-20)19-16(22)18-13-5-7-14(8-6-13)21-11-3-2-4-12-21/h5-10H,2-4,11-12H2,1H3,(H2,18,19,22). The lowest BCUT2D eigenvalue weighted by Crippen LogP contribution is -2.29. The van der Waals surface area contributed by atoms with Gasteiger partial charge in [-0.15, -0.1) is 0 Å². The van der Waals surface area contributed by atoms with Gasteiger partial charge in [0.2, 0.25) is 0 Å². The van der Waals surface area contributed by atoms with Crippen LogP contribution in [-0.2, 0) is 7.05 Å². The van der Waals surface area contributed by atoms with Gasteiger partial charge in [0.15, 0.2) is 0 Å². The van der Waals surface area contributed by atoms with Crippen LogP contribution in [0.15, 0.2) is 36.5 Å². The number of piperidine rings is 1. The van der Waals surface area contributed by atoms with E-state index in [9.17, 15) is 4.79 Å². The molecule has 2 N–H and O–H groups in total. The van der Waals surface area contributed by atoms with Gasteiger partial charge in [-0.1, -0.05) is 0 Å². The van der Waals surface area contributed by atoms with Gasteiger partial charge in [0, 0.05) is 37.6 Å². The maximum atomic E-state index is 11.9. The topological polar surface area (TPSA) is 62.2 Å². The third-order valence-electron chi connectivity index (χ3n) is 3.91. The van der Waals surface area contributed by atoms with E-state index in [0.29, 0.717) is 5.82 Å². The lowest BCUT2D eigenvalue weighted by Gasteiger charge is -2.28. The first kappa shape index (κ1) is 14.4. The number of aromatic nitrogens is 2. The van der Waals surface area contributed by atoms with Crippen LogP contribution in [0.2, 0.25) is 0 Å². The summed E-state index contributed by atoms with van der Waals surface area (Å²) >= 11 is 0. The Bertz CT molecular complexity index is 628. The molecule has 2 heterocycles. The Kier molecular flexibility index (Phi) is 4.27. The number of carbonyl (C=O) groups is 1. The second kappa shape index (κ2) is 6.51. The van der Waals surface area contributed by atoms with Crippen molar-refractivity contribution >= 4 is 23.2 Å². The predicted octanol–water partition coefficient (Wildman–Crippen LogP) is 3.05. The zero-order chi connectivity index (χ0) is 15.4. The molecule has 0 aliphatic carbocycles. The van der Waals surface area contributed by atoms with Crippen LogP contribution < -0.4 is 15.5 Å². The smallest absolute Gasteiger partial charge is 0.324 e. The van der Waals surface area contributed by atoms with Gasteiger partial charge in [0.1, 0.15) is 5.82 Å². The van der Waals surface area contributed by atoms with Crippen molar-refractivity contribution in [3.63, 3.8) is 0 Å². The molecule has 1 aliphatic rings. The van der Waals surface area contributed by atoms with Gasteiger partial charge in [-0.2, -0.15) is 5.10 Å². The molecule has 0 radical (unpaired) electrons. The third kappa shape index (κ3) is 3.39. The number of hydrogen-bond acceptors (Lipinski definition) is 3. The second-order valence-electron chi connectivity index (χ2n) is 5.51. The first-order valence-electron chi connectivity index (χ1n) is 7.63. The number of hydrogen-bond donors (Lipinski definition) is 2. The average molecular weight is 299 g/mol. The number of benzene rings is 1. The molecule has 0 bridgehead atoms. The van der Waals surface area contributed by atoms with E-state index in [1.165, 1.54) is 24.9 Å². The molecule has 0 atom stereocenters. The molecule has 1 fully saturated rings. The van der Waals surface area contributed by atoms with Crippen LogP contribution in [0.3, 0.4) is 0 Å². The molecule has 116 valence electrons. The van der Waals surface area contributed by atoms with E-state index in [2.05, 4.69) is 32.8 Å². The van der Waals surface area contributed by atoms with E-state index in [1.54, 1.807) is 24.0 Å². The third-order valence-corrected chi connectivity index (χ3v) is 3.91. The van der Waals surface area contributed by atoms with Crippen molar-refractivity contribution in [3.8, 4) is 0 Å². The summed E-state index contributed by atoms with van der Waals surface area (Å²) in [4.78, 5) is 14.3. The Morgan fingerprint density at radius 3 is 2.41 bits per heavy atom. The number of amides is 2. The summed E-state index contributed by atoms with van der Waals surface area (Å²) in [7, 11) is 1.78. The van der Waals surface area contributed by atoms with Gasteiger partial charge >= 0.3 is 6.03 Å². The Balaban J connectivity index is 1.58. The molecule has 0 saturated carbocycles. The molecule has 22 heavy (non-hydrogen) atoms. The zero-order valence-corrected chi connectivity index (χ0v) is 12.7. The largest absolute Gasteiger partial charge is 0.372 e. The molecule has 1 aliphatic heterocycles. The SMILES string of the molecule is Cn1nccc1NC(=O)Nc1ccc(N2CCCCC2)cc1. The molecule has 3 rings (SSSR count). The van der Waals surface area contributed by atoms with E-state index in [0.717, 1.165) is 18.8 Å². The van der Waals surface area contributed by atoms with Crippen LogP contribution >= 0.6 is 0 Å². The highest BCUT2D eigenvalue weighted by atomic mass is 16.2. The van der Waals surface area contributed by atoms with Crippen molar-refractivity contribution in [1.82, 2.24) is 9.78 Å². The van der Waals surface area contributed by atoms with Crippen LogP contribution in [0.1, 0.15) is 19.3 Å². The fourth-order valence-corrected chi connectivity index (χ4v) is 2.68. The van der Waals surface area contributed by atoms with E-state index in [4.69, 9.17) is 0 Å². The first-order chi connectivity index (χ1) is 10.7. The first-order valence-corrected chi connectivity index (χ1v) is 7.63. The summed E-state index contributed by atoms with van der Waals surface area (Å²) in [6, 6.07) is 9.48. The Hall–Kier alpha value is -2.50. The van der Waals surface area contributed by atoms with Gasteiger partial charge in [-0.25, -0.2) is 4.79 Å². The molecule has 6 nitrogen and oxygen atoms in total. The minimum absolute atomic E-state index is 0.269. The predicted molar refractivity (Wildman–Crippen MR) is 88.4 cm³/mol. The summed E-state index contributed by atoms with van der Waals surface area (Å²) in [6.07, 6.45) is 5.48. The molecule has 1 aromatic heterocycles. The van der Waals surface area contributed by atoms with Crippen LogP contribution in [-0.4, -0.2) is 28.9 Å². The zero-order valence-electron chi connectivity index (χ0n) is 12.7. The van der Waals surface area contributed by atoms with Crippen molar-refractivity contribution in [3.05, 3.63) is 36.5 Å². The second-order valence-corrected chi connectivity index (χ2v) is 5.51. The molecular weight excluding hydrogens is 278 g/mol. The number of urea groups is 1. The number of nitrogens with zero attached hydrogens (tertiary/aromatic N) is 3. The number of aryl methyl sites for hydroxylation is 1. The molecule has 6 heteroatoms. The quantitative estimate of drug-likeness (QED) is 0.915. The Morgan fingerprint density at radius 2 is 1.77 bits per heavy atom. The highest BCUT2D eigenvalue weighted by Gasteiger charge is 2.11. The molecule has 2 amide bonds.